The molecule has 25 heavy (non-hydrogen) atoms. The van der Waals surface area contributed by atoms with Crippen molar-refractivity contribution in [3.63, 3.8) is 0 Å². The van der Waals surface area contributed by atoms with Gasteiger partial charge in [-0.2, -0.15) is 13.2 Å². The molecule has 1 heterocycles. The smallest absolute Gasteiger partial charge is 0.256 e. The minimum Gasteiger partial charge on any atom is -0.256 e. The zero-order chi connectivity index (χ0) is 18.4. The predicted molar refractivity (Wildman–Crippen MR) is 89.7 cm³/mol. The van der Waals surface area contributed by atoms with E-state index in [9.17, 15) is 21.6 Å². The first-order chi connectivity index (χ1) is 11.6. The van der Waals surface area contributed by atoms with Gasteiger partial charge in [-0.3, -0.25) is 4.98 Å². The summed E-state index contributed by atoms with van der Waals surface area (Å²) in [5.41, 5.74) is 2.09. The number of aryl methyl sites for hydroxylation is 1. The highest BCUT2D eigenvalue weighted by atomic mass is 32.2. The van der Waals surface area contributed by atoms with Crippen LogP contribution in [0.15, 0.2) is 35.4 Å². The highest BCUT2D eigenvalue weighted by Gasteiger charge is 2.32. The van der Waals surface area contributed by atoms with Crippen LogP contribution in [0.4, 0.5) is 13.2 Å². The molecule has 0 N–H and O–H groups in total. The van der Waals surface area contributed by atoms with Crippen LogP contribution >= 0.6 is 0 Å². The van der Waals surface area contributed by atoms with Gasteiger partial charge >= 0.3 is 6.18 Å². The van der Waals surface area contributed by atoms with Gasteiger partial charge in [0.25, 0.3) is 0 Å². The summed E-state index contributed by atoms with van der Waals surface area (Å²) in [6, 6.07) is 6.18. The molecule has 3 nitrogen and oxygen atoms in total. The number of alkyl halides is 3. The molecule has 1 aromatic carbocycles. The number of pyridine rings is 1. The Kier molecular flexibility index (Phi) is 4.23. The fraction of sp³-hybridized carbons (Fsp3) is 0.278. The van der Waals surface area contributed by atoms with Gasteiger partial charge in [-0.25, -0.2) is 8.42 Å². The number of aromatic nitrogens is 1. The zero-order valence-electron chi connectivity index (χ0n) is 13.7. The van der Waals surface area contributed by atoms with E-state index in [4.69, 9.17) is 0 Å². The molecule has 132 valence electrons. The van der Waals surface area contributed by atoms with Crippen LogP contribution in [-0.4, -0.2) is 19.2 Å². The molecule has 0 aliphatic heterocycles. The van der Waals surface area contributed by atoms with Gasteiger partial charge in [0.2, 0.25) is 0 Å². The molecule has 0 atom stereocenters. The first-order valence-corrected chi connectivity index (χ1v) is 9.37. The molecule has 0 spiro atoms. The number of sulfone groups is 1. The fourth-order valence-corrected chi connectivity index (χ4v) is 4.06. The average Bonchev–Trinajstić information content (AvgIpc) is 2.96. The van der Waals surface area contributed by atoms with Crippen LogP contribution in [0.2, 0.25) is 0 Å². The van der Waals surface area contributed by atoms with E-state index >= 15 is 0 Å². The van der Waals surface area contributed by atoms with E-state index in [-0.39, 0.29) is 17.1 Å². The van der Waals surface area contributed by atoms with Crippen molar-refractivity contribution in [2.24, 2.45) is 0 Å². The van der Waals surface area contributed by atoms with Gasteiger partial charge in [-0.05, 0) is 47.4 Å². The molecule has 2 aromatic rings. The molecule has 0 saturated heterocycles. The first-order valence-electron chi connectivity index (χ1n) is 7.72. The Bertz CT molecular complexity index is 976. The van der Waals surface area contributed by atoms with Gasteiger partial charge in [0.1, 0.15) is 0 Å². The summed E-state index contributed by atoms with van der Waals surface area (Å²) in [5.74, 6) is -0.0415. The van der Waals surface area contributed by atoms with Gasteiger partial charge in [0.05, 0.1) is 21.9 Å². The predicted octanol–water partition coefficient (Wildman–Crippen LogP) is 4.30. The number of allylic oxidation sites excluding steroid dienone is 1. The lowest BCUT2D eigenvalue weighted by atomic mass is 10.0. The van der Waals surface area contributed by atoms with E-state index in [0.29, 0.717) is 22.4 Å². The third-order valence-corrected chi connectivity index (χ3v) is 5.99. The highest BCUT2D eigenvalue weighted by molar-refractivity contribution is 7.91. The van der Waals surface area contributed by atoms with Crippen LogP contribution < -0.4 is 0 Å². The maximum atomic E-state index is 12.9. The van der Waals surface area contributed by atoms with Crippen molar-refractivity contribution in [2.75, 3.05) is 5.75 Å². The summed E-state index contributed by atoms with van der Waals surface area (Å²) >= 11 is 0. The maximum Gasteiger partial charge on any atom is 0.417 e. The molecule has 3 rings (SSSR count). The number of hydrogen-bond donors (Lipinski definition) is 0. The number of fused-ring (bicyclic) bond motifs is 1. The van der Waals surface area contributed by atoms with Gasteiger partial charge in [0, 0.05) is 12.6 Å². The van der Waals surface area contributed by atoms with Crippen molar-refractivity contribution in [3.05, 3.63) is 58.4 Å². The third-order valence-electron chi connectivity index (χ3n) is 4.22. The van der Waals surface area contributed by atoms with Crippen LogP contribution in [0, 0.1) is 6.92 Å². The Balaban J connectivity index is 2.06. The van der Waals surface area contributed by atoms with Gasteiger partial charge in [0.15, 0.2) is 9.84 Å². The van der Waals surface area contributed by atoms with Crippen molar-refractivity contribution >= 4 is 21.5 Å². The van der Waals surface area contributed by atoms with Crippen LogP contribution in [0.3, 0.4) is 0 Å². The quantitative estimate of drug-likeness (QED) is 0.813. The molecule has 1 aromatic heterocycles. The van der Waals surface area contributed by atoms with E-state index < -0.39 is 21.6 Å². The molecule has 0 saturated carbocycles. The second-order valence-corrected chi connectivity index (χ2v) is 8.26. The summed E-state index contributed by atoms with van der Waals surface area (Å²) < 4.78 is 63.3. The molecule has 0 unspecified atom stereocenters. The summed E-state index contributed by atoms with van der Waals surface area (Å²) in [7, 11) is -3.45. The monoisotopic (exact) mass is 367 g/mol. The normalized spacial score (nSPS) is 14.4. The topological polar surface area (TPSA) is 47.0 Å². The van der Waals surface area contributed by atoms with Gasteiger partial charge < -0.3 is 0 Å². The molecular weight excluding hydrogens is 351 g/mol. The standard InChI is InChI=1S/C18H16F3NO2S/c1-3-25(23,24)17-6-11(2)4-5-15(17)12-7-13-8-14(18(19,20)21)10-22-16(13)9-12/h4-6,8-10H,3,7H2,1-2H3. The molecule has 0 radical (unpaired) electrons. The Hall–Kier alpha value is -2.15. The fourth-order valence-electron chi connectivity index (χ4n) is 2.85. The summed E-state index contributed by atoms with van der Waals surface area (Å²) in [6.45, 7) is 3.36. The first kappa shape index (κ1) is 17.7. The Morgan fingerprint density at radius 3 is 2.56 bits per heavy atom. The van der Waals surface area contributed by atoms with Crippen molar-refractivity contribution in [1.82, 2.24) is 4.98 Å². The number of hydrogen-bond acceptors (Lipinski definition) is 3. The van der Waals surface area contributed by atoms with E-state index in [1.54, 1.807) is 38.1 Å². The molecule has 0 amide bonds. The van der Waals surface area contributed by atoms with Crippen molar-refractivity contribution in [2.45, 2.75) is 31.3 Å². The molecule has 0 bridgehead atoms. The summed E-state index contributed by atoms with van der Waals surface area (Å²) in [5, 5.41) is 0. The largest absolute Gasteiger partial charge is 0.417 e. The van der Waals surface area contributed by atoms with Crippen molar-refractivity contribution < 1.29 is 21.6 Å². The zero-order valence-corrected chi connectivity index (χ0v) is 14.5. The van der Waals surface area contributed by atoms with E-state index in [2.05, 4.69) is 4.98 Å². The van der Waals surface area contributed by atoms with Crippen molar-refractivity contribution in [1.29, 1.82) is 0 Å². The second kappa shape index (κ2) is 5.98. The highest BCUT2D eigenvalue weighted by Crippen LogP contribution is 2.37. The molecule has 1 aliphatic carbocycles. The SMILES string of the molecule is CCS(=O)(=O)c1cc(C)ccc1C1=Cc2ncc(C(F)(F)F)cc2C1. The maximum absolute atomic E-state index is 12.9. The second-order valence-electron chi connectivity index (χ2n) is 6.02. The van der Waals surface area contributed by atoms with Crippen LogP contribution in [0.25, 0.3) is 11.6 Å². The lowest BCUT2D eigenvalue weighted by Crippen LogP contribution is -2.08. The molecular formula is C18H16F3NO2S. The molecule has 1 aliphatic rings. The van der Waals surface area contributed by atoms with E-state index in [1.165, 1.54) is 0 Å². The molecule has 7 heteroatoms. The minimum atomic E-state index is -4.45. The number of halogens is 3. The summed E-state index contributed by atoms with van der Waals surface area (Å²) in [4.78, 5) is 4.10. The van der Waals surface area contributed by atoms with Crippen LogP contribution in [0.5, 0.6) is 0 Å². The molecule has 0 fully saturated rings. The Morgan fingerprint density at radius 1 is 1.20 bits per heavy atom. The van der Waals surface area contributed by atoms with Crippen LogP contribution in [-0.2, 0) is 22.4 Å². The minimum absolute atomic E-state index is 0.0415. The van der Waals surface area contributed by atoms with E-state index in [1.807, 2.05) is 0 Å². The number of rotatable bonds is 3. The summed E-state index contributed by atoms with van der Waals surface area (Å²) in [6.07, 6.45) is -1.77. The Morgan fingerprint density at radius 2 is 1.92 bits per heavy atom. The lowest BCUT2D eigenvalue weighted by Gasteiger charge is -2.12. The van der Waals surface area contributed by atoms with Gasteiger partial charge in [-0.15, -0.1) is 0 Å². The Labute approximate surface area is 144 Å². The van der Waals surface area contributed by atoms with E-state index in [0.717, 1.165) is 17.8 Å². The number of benzene rings is 1. The van der Waals surface area contributed by atoms with Crippen LogP contribution in [0.1, 0.15) is 34.9 Å². The average molecular weight is 367 g/mol. The number of nitrogens with zero attached hydrogens (tertiary/aromatic N) is 1. The third kappa shape index (κ3) is 3.33. The van der Waals surface area contributed by atoms with Crippen molar-refractivity contribution in [3.8, 4) is 0 Å². The lowest BCUT2D eigenvalue weighted by molar-refractivity contribution is -0.137. The van der Waals surface area contributed by atoms with Gasteiger partial charge in [-0.1, -0.05) is 19.1 Å².